The van der Waals surface area contributed by atoms with Crippen LogP contribution in [0.3, 0.4) is 0 Å². The monoisotopic (exact) mass is 210 g/mol. The average molecular weight is 210 g/mol. The zero-order chi connectivity index (χ0) is 11.1. The third-order valence-electron chi connectivity index (χ3n) is 1.79. The molecule has 0 N–H and O–H groups in total. The van der Waals surface area contributed by atoms with Gasteiger partial charge in [0.25, 0.3) is 0 Å². The second kappa shape index (κ2) is 5.95. The number of ether oxygens (including phenoxy) is 2. The van der Waals surface area contributed by atoms with Gasteiger partial charge in [0.2, 0.25) is 0 Å². The first kappa shape index (κ1) is 11.4. The van der Waals surface area contributed by atoms with Crippen molar-refractivity contribution >= 4 is 5.97 Å². The number of hydrogen-bond donors (Lipinski definition) is 0. The fourth-order valence-corrected chi connectivity index (χ4v) is 1.06. The van der Waals surface area contributed by atoms with Gasteiger partial charge in [-0.25, -0.2) is 9.97 Å². The van der Waals surface area contributed by atoms with E-state index in [0.29, 0.717) is 25.5 Å². The highest BCUT2D eigenvalue weighted by atomic mass is 16.5. The van der Waals surface area contributed by atoms with Crippen molar-refractivity contribution in [1.29, 1.82) is 0 Å². The number of carbonyl (C=O) groups excluding carboxylic acids is 1. The Morgan fingerprint density at radius 3 is 2.60 bits per heavy atom. The van der Waals surface area contributed by atoms with E-state index in [4.69, 9.17) is 9.47 Å². The molecule has 0 aliphatic heterocycles. The molecule has 1 heterocycles. The maximum atomic E-state index is 11.1. The molecular weight excluding hydrogens is 196 g/mol. The SMILES string of the molecule is CCOC(=O)CCc1cnc(OC)nc1. The van der Waals surface area contributed by atoms with Crippen molar-refractivity contribution in [3.63, 3.8) is 0 Å². The molecule has 1 aromatic heterocycles. The molecular formula is C10H14N2O3. The number of aromatic nitrogens is 2. The molecule has 0 aliphatic carbocycles. The molecule has 0 amide bonds. The predicted octanol–water partition coefficient (Wildman–Crippen LogP) is 0.981. The molecule has 0 aliphatic rings. The molecule has 1 rings (SSSR count). The molecule has 0 aromatic carbocycles. The maximum absolute atomic E-state index is 11.1. The summed E-state index contributed by atoms with van der Waals surface area (Å²) in [6.45, 7) is 2.20. The number of nitrogens with zero attached hydrogens (tertiary/aromatic N) is 2. The molecule has 5 heteroatoms. The molecule has 1 aromatic rings. The average Bonchev–Trinajstić information content (AvgIpc) is 2.27. The highest BCUT2D eigenvalue weighted by Gasteiger charge is 2.03. The van der Waals surface area contributed by atoms with E-state index in [1.807, 2.05) is 0 Å². The van der Waals surface area contributed by atoms with Crippen LogP contribution in [0, 0.1) is 0 Å². The van der Waals surface area contributed by atoms with Crippen molar-refractivity contribution in [3.05, 3.63) is 18.0 Å². The van der Waals surface area contributed by atoms with Crippen molar-refractivity contribution in [2.24, 2.45) is 0 Å². The minimum atomic E-state index is -0.201. The first-order valence-corrected chi connectivity index (χ1v) is 4.76. The van der Waals surface area contributed by atoms with Gasteiger partial charge in [-0.05, 0) is 18.9 Å². The van der Waals surface area contributed by atoms with Gasteiger partial charge >= 0.3 is 12.0 Å². The van der Waals surface area contributed by atoms with E-state index < -0.39 is 0 Å². The normalized spacial score (nSPS) is 9.73. The zero-order valence-electron chi connectivity index (χ0n) is 8.90. The van der Waals surface area contributed by atoms with Gasteiger partial charge in [0, 0.05) is 18.8 Å². The van der Waals surface area contributed by atoms with E-state index in [-0.39, 0.29) is 5.97 Å². The van der Waals surface area contributed by atoms with Gasteiger partial charge in [0.1, 0.15) is 0 Å². The number of esters is 1. The van der Waals surface area contributed by atoms with Crippen LogP contribution in [0.4, 0.5) is 0 Å². The van der Waals surface area contributed by atoms with Crippen LogP contribution in [0.5, 0.6) is 6.01 Å². The van der Waals surface area contributed by atoms with Crippen LogP contribution < -0.4 is 4.74 Å². The second-order valence-corrected chi connectivity index (χ2v) is 2.88. The van der Waals surface area contributed by atoms with Gasteiger partial charge in [-0.1, -0.05) is 0 Å². The van der Waals surface area contributed by atoms with Gasteiger partial charge in [0.15, 0.2) is 0 Å². The molecule has 0 radical (unpaired) electrons. The topological polar surface area (TPSA) is 61.3 Å². The summed E-state index contributed by atoms with van der Waals surface area (Å²) < 4.78 is 9.62. The van der Waals surface area contributed by atoms with E-state index in [9.17, 15) is 4.79 Å². The van der Waals surface area contributed by atoms with Gasteiger partial charge in [0.05, 0.1) is 13.7 Å². The number of aryl methyl sites for hydroxylation is 1. The number of methoxy groups -OCH3 is 1. The molecule has 5 nitrogen and oxygen atoms in total. The Labute approximate surface area is 88.4 Å². The van der Waals surface area contributed by atoms with Gasteiger partial charge in [-0.2, -0.15) is 0 Å². The van der Waals surface area contributed by atoms with Crippen LogP contribution in [-0.2, 0) is 16.0 Å². The van der Waals surface area contributed by atoms with Gasteiger partial charge in [-0.3, -0.25) is 4.79 Å². The predicted molar refractivity (Wildman–Crippen MR) is 53.5 cm³/mol. The number of rotatable bonds is 5. The molecule has 0 saturated carbocycles. The van der Waals surface area contributed by atoms with Crippen LogP contribution in [0.2, 0.25) is 0 Å². The highest BCUT2D eigenvalue weighted by Crippen LogP contribution is 2.04. The summed E-state index contributed by atoms with van der Waals surface area (Å²) in [6, 6.07) is 0.329. The Balaban J connectivity index is 2.40. The lowest BCUT2D eigenvalue weighted by molar-refractivity contribution is -0.143. The molecule has 0 bridgehead atoms. The van der Waals surface area contributed by atoms with E-state index in [1.165, 1.54) is 7.11 Å². The Hall–Kier alpha value is -1.65. The summed E-state index contributed by atoms with van der Waals surface area (Å²) >= 11 is 0. The van der Waals surface area contributed by atoms with Crippen molar-refractivity contribution in [1.82, 2.24) is 9.97 Å². The van der Waals surface area contributed by atoms with E-state index in [1.54, 1.807) is 19.3 Å². The Morgan fingerprint density at radius 1 is 1.40 bits per heavy atom. The highest BCUT2D eigenvalue weighted by molar-refractivity contribution is 5.69. The molecule has 0 spiro atoms. The smallest absolute Gasteiger partial charge is 0.316 e. The van der Waals surface area contributed by atoms with Crippen LogP contribution in [0.1, 0.15) is 18.9 Å². The molecule has 0 saturated heterocycles. The summed E-state index contributed by atoms with van der Waals surface area (Å²) in [5, 5.41) is 0. The quantitative estimate of drug-likeness (QED) is 0.678. The van der Waals surface area contributed by atoms with Crippen molar-refractivity contribution in [3.8, 4) is 6.01 Å². The summed E-state index contributed by atoms with van der Waals surface area (Å²) in [7, 11) is 1.51. The largest absolute Gasteiger partial charge is 0.467 e. The fourth-order valence-electron chi connectivity index (χ4n) is 1.06. The second-order valence-electron chi connectivity index (χ2n) is 2.88. The minimum absolute atomic E-state index is 0.201. The Morgan fingerprint density at radius 2 is 2.07 bits per heavy atom. The van der Waals surface area contributed by atoms with Crippen molar-refractivity contribution in [2.75, 3.05) is 13.7 Å². The van der Waals surface area contributed by atoms with Gasteiger partial charge < -0.3 is 9.47 Å². The maximum Gasteiger partial charge on any atom is 0.316 e. The van der Waals surface area contributed by atoms with Crippen LogP contribution in [0.25, 0.3) is 0 Å². The Kier molecular flexibility index (Phi) is 4.53. The van der Waals surface area contributed by atoms with E-state index in [0.717, 1.165) is 5.56 Å². The van der Waals surface area contributed by atoms with E-state index >= 15 is 0 Å². The summed E-state index contributed by atoms with van der Waals surface area (Å²) in [5.74, 6) is -0.201. The molecule has 82 valence electrons. The lowest BCUT2D eigenvalue weighted by Crippen LogP contribution is -2.05. The van der Waals surface area contributed by atoms with Crippen LogP contribution in [-0.4, -0.2) is 29.7 Å². The van der Waals surface area contributed by atoms with E-state index in [2.05, 4.69) is 9.97 Å². The van der Waals surface area contributed by atoms with Crippen molar-refractivity contribution < 1.29 is 14.3 Å². The third-order valence-corrected chi connectivity index (χ3v) is 1.79. The van der Waals surface area contributed by atoms with Gasteiger partial charge in [-0.15, -0.1) is 0 Å². The van der Waals surface area contributed by atoms with Crippen LogP contribution in [0.15, 0.2) is 12.4 Å². The molecule has 0 atom stereocenters. The standard InChI is InChI=1S/C10H14N2O3/c1-3-15-9(13)5-4-8-6-11-10(14-2)12-7-8/h6-7H,3-5H2,1-2H3. The van der Waals surface area contributed by atoms with Crippen molar-refractivity contribution in [2.45, 2.75) is 19.8 Å². The minimum Gasteiger partial charge on any atom is -0.467 e. The summed E-state index contributed by atoms with van der Waals surface area (Å²) in [4.78, 5) is 18.9. The summed E-state index contributed by atoms with van der Waals surface area (Å²) in [6.07, 6.45) is 4.22. The first-order chi connectivity index (χ1) is 7.26. The number of carbonyl (C=O) groups is 1. The number of hydrogen-bond acceptors (Lipinski definition) is 5. The van der Waals surface area contributed by atoms with Crippen LogP contribution >= 0.6 is 0 Å². The Bertz CT molecular complexity index is 311. The molecule has 0 unspecified atom stereocenters. The lowest BCUT2D eigenvalue weighted by atomic mass is 10.2. The zero-order valence-corrected chi connectivity index (χ0v) is 8.90. The summed E-state index contributed by atoms with van der Waals surface area (Å²) in [5.41, 5.74) is 0.892. The molecule has 0 fully saturated rings. The lowest BCUT2D eigenvalue weighted by Gasteiger charge is -2.02. The first-order valence-electron chi connectivity index (χ1n) is 4.76. The molecule has 15 heavy (non-hydrogen) atoms. The third kappa shape index (κ3) is 3.93. The fraction of sp³-hybridized carbons (Fsp3) is 0.500.